The van der Waals surface area contributed by atoms with Crippen molar-refractivity contribution < 1.29 is 13.5 Å². The number of hydrogen-bond donors (Lipinski definition) is 2. The molecule has 0 saturated carbocycles. The first-order valence-corrected chi connectivity index (χ1v) is 8.12. The molecule has 0 spiro atoms. The van der Waals surface area contributed by atoms with Crippen LogP contribution in [0.25, 0.3) is 10.6 Å². The predicted molar refractivity (Wildman–Crippen MR) is 87.6 cm³/mol. The van der Waals surface area contributed by atoms with Crippen molar-refractivity contribution in [3.05, 3.63) is 69.9 Å². The van der Waals surface area contributed by atoms with E-state index in [2.05, 4.69) is 10.2 Å². The van der Waals surface area contributed by atoms with E-state index in [1.807, 2.05) is 23.6 Å². The Morgan fingerprint density at radius 2 is 2.16 bits per heavy atom. The van der Waals surface area contributed by atoms with Gasteiger partial charge in [-0.25, -0.2) is 8.78 Å². The zero-order chi connectivity index (χ0) is 17.6. The number of ether oxygens (including phenoxy) is 1. The maximum absolute atomic E-state index is 14.5. The quantitative estimate of drug-likeness (QED) is 0.734. The molecule has 1 aromatic carbocycles. The topological polar surface area (TPSA) is 87.7 Å². The minimum atomic E-state index is -0.916. The molecule has 0 radical (unpaired) electrons. The fraction of sp³-hybridized carbons (Fsp3) is 0.0588. The highest BCUT2D eigenvalue weighted by molar-refractivity contribution is 7.13. The standard InChI is InChI=1S/C17H10F2N4OS/c18-8-3-4-11(19)9(6-8)13-10(7-20)16(21)24-17-14(13)15(22-23-17)12-2-1-5-25-12/h1-6,13H,21H2,(H,22,23)/t13-/m0/s1. The van der Waals surface area contributed by atoms with Crippen molar-refractivity contribution >= 4 is 11.3 Å². The van der Waals surface area contributed by atoms with Crippen molar-refractivity contribution in [2.45, 2.75) is 5.92 Å². The molecule has 0 amide bonds. The highest BCUT2D eigenvalue weighted by Crippen LogP contribution is 2.46. The van der Waals surface area contributed by atoms with Gasteiger partial charge >= 0.3 is 0 Å². The van der Waals surface area contributed by atoms with Crippen LogP contribution >= 0.6 is 11.3 Å². The summed E-state index contributed by atoms with van der Waals surface area (Å²) in [5.41, 5.74) is 6.87. The van der Waals surface area contributed by atoms with Gasteiger partial charge in [0.05, 0.1) is 22.1 Å². The lowest BCUT2D eigenvalue weighted by Crippen LogP contribution is -2.21. The average Bonchev–Trinajstić information content (AvgIpc) is 3.25. The van der Waals surface area contributed by atoms with Crippen molar-refractivity contribution in [2.75, 3.05) is 0 Å². The highest BCUT2D eigenvalue weighted by atomic mass is 32.1. The number of fused-ring (bicyclic) bond motifs is 1. The van der Waals surface area contributed by atoms with Crippen LogP contribution in [0.15, 0.2) is 47.2 Å². The van der Waals surface area contributed by atoms with E-state index in [9.17, 15) is 14.0 Å². The van der Waals surface area contributed by atoms with Crippen molar-refractivity contribution in [1.29, 1.82) is 5.26 Å². The van der Waals surface area contributed by atoms with Gasteiger partial charge in [-0.15, -0.1) is 16.4 Å². The van der Waals surface area contributed by atoms with Gasteiger partial charge in [0.1, 0.15) is 23.3 Å². The monoisotopic (exact) mass is 356 g/mol. The number of aromatic amines is 1. The largest absolute Gasteiger partial charge is 0.420 e. The van der Waals surface area contributed by atoms with Crippen molar-refractivity contribution in [2.24, 2.45) is 5.73 Å². The van der Waals surface area contributed by atoms with Crippen LogP contribution < -0.4 is 10.5 Å². The molecule has 1 atom stereocenters. The summed E-state index contributed by atoms with van der Waals surface area (Å²) in [5.74, 6) is -2.19. The minimum absolute atomic E-state index is 0.00301. The summed E-state index contributed by atoms with van der Waals surface area (Å²) in [4.78, 5) is 0.830. The predicted octanol–water partition coefficient (Wildman–Crippen LogP) is 3.63. The molecule has 5 nitrogen and oxygen atoms in total. The fourth-order valence-electron chi connectivity index (χ4n) is 2.90. The number of H-pyrrole nitrogens is 1. The Kier molecular flexibility index (Phi) is 3.51. The zero-order valence-corrected chi connectivity index (χ0v) is 13.4. The number of allylic oxidation sites excluding steroid dienone is 1. The van der Waals surface area contributed by atoms with Gasteiger partial charge in [0.2, 0.25) is 11.8 Å². The van der Waals surface area contributed by atoms with Crippen LogP contribution in [0.3, 0.4) is 0 Å². The first kappa shape index (κ1) is 15.4. The molecule has 0 aliphatic carbocycles. The number of benzene rings is 1. The Balaban J connectivity index is 2.01. The molecule has 1 aliphatic heterocycles. The lowest BCUT2D eigenvalue weighted by molar-refractivity contribution is 0.378. The molecule has 2 aromatic heterocycles. The summed E-state index contributed by atoms with van der Waals surface area (Å²) >= 11 is 1.44. The molecule has 3 heterocycles. The Morgan fingerprint density at radius 1 is 1.32 bits per heavy atom. The van der Waals surface area contributed by atoms with Gasteiger partial charge in [0, 0.05) is 5.56 Å². The molecule has 25 heavy (non-hydrogen) atoms. The smallest absolute Gasteiger partial charge is 0.244 e. The normalized spacial score (nSPS) is 16.3. The van der Waals surface area contributed by atoms with Crippen LogP contribution in [0, 0.1) is 23.0 Å². The Hall–Kier alpha value is -3.18. The van der Waals surface area contributed by atoms with E-state index < -0.39 is 17.6 Å². The number of nitrogens with two attached hydrogens (primary N) is 1. The third-order valence-corrected chi connectivity index (χ3v) is 4.86. The van der Waals surface area contributed by atoms with Crippen LogP contribution in [-0.4, -0.2) is 10.2 Å². The first-order chi connectivity index (χ1) is 12.1. The first-order valence-electron chi connectivity index (χ1n) is 7.24. The molecule has 0 saturated heterocycles. The lowest BCUT2D eigenvalue weighted by atomic mass is 9.83. The third kappa shape index (κ3) is 2.37. The van der Waals surface area contributed by atoms with Crippen molar-refractivity contribution in [3.8, 4) is 22.5 Å². The van der Waals surface area contributed by atoms with Crippen LogP contribution in [-0.2, 0) is 0 Å². The van der Waals surface area contributed by atoms with Crippen molar-refractivity contribution in [1.82, 2.24) is 10.2 Å². The molecule has 124 valence electrons. The van der Waals surface area contributed by atoms with E-state index in [-0.39, 0.29) is 22.9 Å². The van der Waals surface area contributed by atoms with E-state index in [1.54, 1.807) is 0 Å². The van der Waals surface area contributed by atoms with Gasteiger partial charge in [0.15, 0.2) is 0 Å². The molecule has 4 rings (SSSR count). The zero-order valence-electron chi connectivity index (χ0n) is 12.6. The van der Waals surface area contributed by atoms with Gasteiger partial charge < -0.3 is 10.5 Å². The summed E-state index contributed by atoms with van der Waals surface area (Å²) in [7, 11) is 0. The van der Waals surface area contributed by atoms with E-state index in [0.717, 1.165) is 23.1 Å². The summed E-state index contributed by atoms with van der Waals surface area (Å²) in [6.07, 6.45) is 0. The summed E-state index contributed by atoms with van der Waals surface area (Å²) < 4.78 is 33.6. The fourth-order valence-corrected chi connectivity index (χ4v) is 3.63. The Bertz CT molecular complexity index is 1030. The third-order valence-electron chi connectivity index (χ3n) is 3.98. The number of rotatable bonds is 2. The van der Waals surface area contributed by atoms with Gasteiger partial charge in [-0.1, -0.05) is 6.07 Å². The molecule has 0 bridgehead atoms. The van der Waals surface area contributed by atoms with E-state index in [0.29, 0.717) is 11.3 Å². The number of nitrogens with one attached hydrogen (secondary N) is 1. The van der Waals surface area contributed by atoms with Crippen molar-refractivity contribution in [3.63, 3.8) is 0 Å². The molecule has 1 aliphatic rings. The molecule has 3 aromatic rings. The van der Waals surface area contributed by atoms with Gasteiger partial charge in [-0.2, -0.15) is 5.26 Å². The second-order valence-corrected chi connectivity index (χ2v) is 6.33. The Labute approximate surface area is 145 Å². The number of aromatic nitrogens is 2. The second kappa shape index (κ2) is 5.72. The van der Waals surface area contributed by atoms with E-state index in [1.165, 1.54) is 11.3 Å². The van der Waals surface area contributed by atoms with Crippen LogP contribution in [0.4, 0.5) is 8.78 Å². The molecule has 3 N–H and O–H groups in total. The van der Waals surface area contributed by atoms with Crippen LogP contribution in [0.2, 0.25) is 0 Å². The summed E-state index contributed by atoms with van der Waals surface area (Å²) in [6.45, 7) is 0. The average molecular weight is 356 g/mol. The molecular weight excluding hydrogens is 346 g/mol. The summed E-state index contributed by atoms with van der Waals surface area (Å²) in [6, 6.07) is 8.76. The molecule has 0 unspecified atom stereocenters. The lowest BCUT2D eigenvalue weighted by Gasteiger charge is -2.24. The maximum atomic E-state index is 14.5. The number of thiophene rings is 1. The number of halogens is 2. The minimum Gasteiger partial charge on any atom is -0.420 e. The highest BCUT2D eigenvalue weighted by Gasteiger charge is 2.37. The Morgan fingerprint density at radius 3 is 2.88 bits per heavy atom. The van der Waals surface area contributed by atoms with E-state index >= 15 is 0 Å². The molecular formula is C17H10F2N4OS. The van der Waals surface area contributed by atoms with Gasteiger partial charge in [0.25, 0.3) is 0 Å². The van der Waals surface area contributed by atoms with Gasteiger partial charge in [-0.05, 0) is 29.6 Å². The number of hydrogen-bond acceptors (Lipinski definition) is 5. The van der Waals surface area contributed by atoms with Gasteiger partial charge in [-0.3, -0.25) is 5.10 Å². The second-order valence-electron chi connectivity index (χ2n) is 5.39. The van der Waals surface area contributed by atoms with Crippen LogP contribution in [0.1, 0.15) is 17.0 Å². The molecule has 0 fully saturated rings. The summed E-state index contributed by atoms with van der Waals surface area (Å²) in [5, 5.41) is 18.3. The number of nitrogens with zero attached hydrogens (tertiary/aromatic N) is 2. The number of nitriles is 1. The SMILES string of the molecule is N#CC1=C(N)Oc2n[nH]c(-c3cccs3)c2[C@H]1c1cc(F)ccc1F. The van der Waals surface area contributed by atoms with E-state index in [4.69, 9.17) is 10.5 Å². The van der Waals surface area contributed by atoms with Crippen LogP contribution in [0.5, 0.6) is 5.88 Å². The maximum Gasteiger partial charge on any atom is 0.244 e. The molecule has 8 heteroatoms.